The number of amides is 1. The number of carbonyl (C=O) groups is 3. The number of esters is 1. The summed E-state index contributed by atoms with van der Waals surface area (Å²) in [6.07, 6.45) is 3.32. The highest BCUT2D eigenvalue weighted by atomic mass is 79.9. The van der Waals surface area contributed by atoms with E-state index in [4.69, 9.17) is 14.9 Å². The van der Waals surface area contributed by atoms with E-state index >= 15 is 0 Å². The Bertz CT molecular complexity index is 1210. The number of nitrogens with one attached hydrogen (secondary N) is 2. The normalized spacial score (nSPS) is 15.5. The van der Waals surface area contributed by atoms with Gasteiger partial charge in [-0.2, -0.15) is 0 Å². The van der Waals surface area contributed by atoms with Crippen LogP contribution >= 0.6 is 17.0 Å². The van der Waals surface area contributed by atoms with Gasteiger partial charge in [-0.1, -0.05) is 31.0 Å². The lowest BCUT2D eigenvalue weighted by Crippen LogP contribution is -2.35. The van der Waals surface area contributed by atoms with Gasteiger partial charge in [-0.3, -0.25) is 19.8 Å². The van der Waals surface area contributed by atoms with Crippen LogP contribution in [0.15, 0.2) is 36.4 Å². The molecule has 1 fully saturated rings. The molecule has 0 saturated heterocycles. The molecule has 1 aliphatic heterocycles. The Balaban J connectivity index is 0.00000380. The highest BCUT2D eigenvalue weighted by Crippen LogP contribution is 2.42. The summed E-state index contributed by atoms with van der Waals surface area (Å²) in [4.78, 5) is 40.2. The number of Topliss-reactive ketones (excluding diaryl/α,β-unsaturated/α-hetero) is 1. The van der Waals surface area contributed by atoms with Crippen LogP contribution in [0.4, 0.5) is 0 Å². The van der Waals surface area contributed by atoms with Crippen LogP contribution in [0, 0.1) is 5.41 Å². The highest BCUT2D eigenvalue weighted by molar-refractivity contribution is 8.93. The molecule has 1 heterocycles. The molecule has 2 aromatic carbocycles. The number of rotatable bonds is 9. The van der Waals surface area contributed by atoms with Gasteiger partial charge in [0.05, 0.1) is 30.7 Å². The van der Waals surface area contributed by atoms with E-state index in [1.54, 1.807) is 37.1 Å². The summed E-state index contributed by atoms with van der Waals surface area (Å²) in [7, 11) is 1.55. The second-order valence-corrected chi connectivity index (χ2v) is 9.24. The van der Waals surface area contributed by atoms with Gasteiger partial charge in [-0.15, -0.1) is 17.0 Å². The van der Waals surface area contributed by atoms with Crippen molar-refractivity contribution in [3.8, 4) is 5.75 Å². The van der Waals surface area contributed by atoms with Crippen LogP contribution < -0.4 is 10.1 Å². The molecule has 4 rings (SSSR count). The lowest BCUT2D eigenvalue weighted by Gasteiger charge is -2.27. The van der Waals surface area contributed by atoms with Crippen molar-refractivity contribution in [1.29, 1.82) is 5.41 Å². The van der Waals surface area contributed by atoms with Crippen LogP contribution in [-0.4, -0.2) is 55.2 Å². The molecule has 0 aromatic heterocycles. The third-order valence-electron chi connectivity index (χ3n) is 7.10. The smallest absolute Gasteiger partial charge is 0.316 e. The largest absolute Gasteiger partial charge is 0.493 e. The molecule has 0 spiro atoms. The van der Waals surface area contributed by atoms with E-state index in [-0.39, 0.29) is 47.0 Å². The number of halogens is 1. The van der Waals surface area contributed by atoms with E-state index in [0.29, 0.717) is 55.0 Å². The summed E-state index contributed by atoms with van der Waals surface area (Å²) in [5.41, 5.74) is 2.45. The van der Waals surface area contributed by atoms with Gasteiger partial charge in [0.2, 0.25) is 0 Å². The van der Waals surface area contributed by atoms with Crippen LogP contribution in [0.3, 0.4) is 0 Å². The minimum Gasteiger partial charge on any atom is -0.493 e. The van der Waals surface area contributed by atoms with Gasteiger partial charge < -0.3 is 19.7 Å². The minimum atomic E-state index is -0.700. The van der Waals surface area contributed by atoms with E-state index < -0.39 is 5.41 Å². The molecule has 0 radical (unpaired) electrons. The van der Waals surface area contributed by atoms with E-state index in [1.165, 1.54) is 0 Å². The molecule has 198 valence electrons. The Kier molecular flexibility index (Phi) is 9.12. The minimum absolute atomic E-state index is 0. The molecule has 2 aromatic rings. The van der Waals surface area contributed by atoms with E-state index in [1.807, 2.05) is 25.1 Å². The molecule has 1 amide bonds. The lowest BCUT2D eigenvalue weighted by atomic mass is 9.78. The fraction of sp³-hybridized carbons (Fsp3) is 0.429. The van der Waals surface area contributed by atoms with Crippen molar-refractivity contribution in [2.45, 2.75) is 51.5 Å². The first-order valence-corrected chi connectivity index (χ1v) is 12.5. The average Bonchev–Trinajstić information content (AvgIpc) is 3.50. The van der Waals surface area contributed by atoms with Crippen LogP contribution in [0.1, 0.15) is 76.9 Å². The molecule has 0 bridgehead atoms. The second-order valence-electron chi connectivity index (χ2n) is 9.24. The molecular weight excluding hydrogens is 538 g/mol. The van der Waals surface area contributed by atoms with Crippen LogP contribution in [0.2, 0.25) is 0 Å². The Morgan fingerprint density at radius 3 is 2.46 bits per heavy atom. The molecule has 8 nitrogen and oxygen atoms in total. The molecule has 9 heteroatoms. The van der Waals surface area contributed by atoms with Crippen LogP contribution in [0.25, 0.3) is 0 Å². The van der Waals surface area contributed by atoms with E-state index in [0.717, 1.165) is 24.0 Å². The number of amidine groups is 1. The summed E-state index contributed by atoms with van der Waals surface area (Å²) in [6.45, 7) is 4.77. The maximum absolute atomic E-state index is 13.3. The first-order chi connectivity index (χ1) is 17.3. The summed E-state index contributed by atoms with van der Waals surface area (Å²) in [6, 6.07) is 10.7. The van der Waals surface area contributed by atoms with E-state index in [9.17, 15) is 14.4 Å². The van der Waals surface area contributed by atoms with Crippen molar-refractivity contribution in [2.24, 2.45) is 0 Å². The number of hydrogen-bond donors (Lipinski definition) is 2. The van der Waals surface area contributed by atoms with Crippen molar-refractivity contribution >= 4 is 40.5 Å². The van der Waals surface area contributed by atoms with Gasteiger partial charge in [0.1, 0.15) is 11.6 Å². The molecule has 0 unspecified atom stereocenters. The van der Waals surface area contributed by atoms with Crippen molar-refractivity contribution in [1.82, 2.24) is 10.2 Å². The summed E-state index contributed by atoms with van der Waals surface area (Å²) in [5.74, 6) is 0.0123. The molecule has 2 aliphatic rings. The molecule has 0 atom stereocenters. The summed E-state index contributed by atoms with van der Waals surface area (Å²) < 4.78 is 11.1. The molecule has 37 heavy (non-hydrogen) atoms. The third kappa shape index (κ3) is 5.42. The fourth-order valence-corrected chi connectivity index (χ4v) is 5.26. The van der Waals surface area contributed by atoms with Crippen molar-refractivity contribution in [3.63, 3.8) is 0 Å². The maximum atomic E-state index is 13.3. The van der Waals surface area contributed by atoms with Crippen molar-refractivity contribution in [3.05, 3.63) is 64.2 Å². The third-order valence-corrected chi connectivity index (χ3v) is 7.10. The Hall–Kier alpha value is -3.20. The zero-order chi connectivity index (χ0) is 25.9. The quantitative estimate of drug-likeness (QED) is 0.340. The number of ketones is 1. The Labute approximate surface area is 228 Å². The Morgan fingerprint density at radius 1 is 1.08 bits per heavy atom. The monoisotopic (exact) mass is 571 g/mol. The SMILES string of the molecule is Br.CCOC(=O)C1(c2cccc(C(=O)CN3Cc4cc(OCC)c(C(=O)NC)cc4C3=N)c2)CCCC1. The van der Waals surface area contributed by atoms with Crippen molar-refractivity contribution in [2.75, 3.05) is 26.8 Å². The first kappa shape index (κ1) is 28.4. The summed E-state index contributed by atoms with van der Waals surface area (Å²) >= 11 is 0. The van der Waals surface area contributed by atoms with Gasteiger partial charge in [0.25, 0.3) is 5.91 Å². The topological polar surface area (TPSA) is 109 Å². The molecule has 2 N–H and O–H groups in total. The number of nitrogens with zero attached hydrogens (tertiary/aromatic N) is 1. The number of benzene rings is 2. The predicted molar refractivity (Wildman–Crippen MR) is 146 cm³/mol. The number of fused-ring (bicyclic) bond motifs is 1. The number of carbonyl (C=O) groups excluding carboxylic acids is 3. The fourth-order valence-electron chi connectivity index (χ4n) is 5.26. The Morgan fingerprint density at radius 2 is 1.81 bits per heavy atom. The standard InChI is InChI=1S/C28H33N3O5.BrH/c1-4-35-24-14-19-16-31(25(29)21(19)15-22(24)26(33)30-3)17-23(32)18-9-8-10-20(13-18)28(11-6-7-12-28)27(34)36-5-2;/h8-10,13-15,29H,4-7,11-12,16-17H2,1-3H3,(H,30,33);1H. The van der Waals surface area contributed by atoms with Gasteiger partial charge in [-0.05, 0) is 56.0 Å². The number of hydrogen-bond acceptors (Lipinski definition) is 6. The zero-order valence-electron chi connectivity index (χ0n) is 21.5. The van der Waals surface area contributed by atoms with Gasteiger partial charge in [-0.25, -0.2) is 0 Å². The van der Waals surface area contributed by atoms with E-state index in [2.05, 4.69) is 5.32 Å². The average molecular weight is 573 g/mol. The van der Waals surface area contributed by atoms with Crippen LogP contribution in [0.5, 0.6) is 5.75 Å². The van der Waals surface area contributed by atoms with Gasteiger partial charge >= 0.3 is 5.97 Å². The zero-order valence-corrected chi connectivity index (χ0v) is 23.2. The predicted octanol–water partition coefficient (Wildman–Crippen LogP) is 4.42. The first-order valence-electron chi connectivity index (χ1n) is 12.5. The maximum Gasteiger partial charge on any atom is 0.316 e. The second kappa shape index (κ2) is 11.9. The van der Waals surface area contributed by atoms with Gasteiger partial charge in [0.15, 0.2) is 5.78 Å². The molecule has 1 saturated carbocycles. The number of ether oxygens (including phenoxy) is 2. The van der Waals surface area contributed by atoms with Gasteiger partial charge in [0, 0.05) is 24.7 Å². The van der Waals surface area contributed by atoms with Crippen LogP contribution in [-0.2, 0) is 21.5 Å². The molecular formula is C28H34BrN3O5. The summed E-state index contributed by atoms with van der Waals surface area (Å²) in [5, 5.41) is 11.3. The highest BCUT2D eigenvalue weighted by Gasteiger charge is 2.44. The lowest BCUT2D eigenvalue weighted by molar-refractivity contribution is -0.150. The molecule has 1 aliphatic carbocycles. The van der Waals surface area contributed by atoms with Crippen molar-refractivity contribution < 1.29 is 23.9 Å².